The molecule has 11 heteroatoms. The molecule has 1 heterocycles. The molecule has 0 aliphatic heterocycles. The molecular formula is C29H28F3N3O4S. The Morgan fingerprint density at radius 1 is 0.975 bits per heavy atom. The predicted molar refractivity (Wildman–Crippen MR) is 150 cm³/mol. The molecule has 0 unspecified atom stereocenters. The quantitative estimate of drug-likeness (QED) is 0.195. The van der Waals surface area contributed by atoms with Crippen LogP contribution in [0.15, 0.2) is 64.5 Å². The first-order chi connectivity index (χ1) is 19.0. The van der Waals surface area contributed by atoms with E-state index in [9.17, 15) is 22.8 Å². The largest absolute Gasteiger partial charge is 0.493 e. The molecule has 0 aliphatic carbocycles. The highest BCUT2D eigenvalue weighted by molar-refractivity contribution is 7.99. The van der Waals surface area contributed by atoms with E-state index in [4.69, 9.17) is 9.47 Å². The van der Waals surface area contributed by atoms with Crippen molar-refractivity contribution in [2.75, 3.05) is 25.3 Å². The number of carbonyl (C=O) groups is 1. The summed E-state index contributed by atoms with van der Waals surface area (Å²) in [5.74, 6) is 0.465. The standard InChI is InChI=1S/C29H28F3N3O4S/c1-17-5-10-21(13-18(17)2)33-26(36)16-40-28-34-23-15-25(39-4)24(38-3)14-22(23)27(37)35(28)12-11-19-6-8-20(9-7-19)29(30,31)32/h5-10,13-15H,11-12,16H2,1-4H3,(H,33,36). The molecule has 0 spiro atoms. The Balaban J connectivity index is 1.63. The van der Waals surface area contributed by atoms with Gasteiger partial charge in [-0.2, -0.15) is 13.2 Å². The van der Waals surface area contributed by atoms with Crippen LogP contribution >= 0.6 is 11.8 Å². The summed E-state index contributed by atoms with van der Waals surface area (Å²) in [6.07, 6.45) is -4.15. The molecule has 0 fully saturated rings. The SMILES string of the molecule is COc1cc2nc(SCC(=O)Nc3ccc(C)c(C)c3)n(CCc3ccc(C(F)(F)F)cc3)c(=O)c2cc1OC. The number of halogens is 3. The number of anilines is 1. The molecule has 210 valence electrons. The van der Waals surface area contributed by atoms with Gasteiger partial charge in [0.15, 0.2) is 16.7 Å². The van der Waals surface area contributed by atoms with Crippen molar-refractivity contribution in [3.63, 3.8) is 0 Å². The van der Waals surface area contributed by atoms with E-state index in [0.29, 0.717) is 33.4 Å². The highest BCUT2D eigenvalue weighted by Crippen LogP contribution is 2.32. The Hall–Kier alpha value is -3.99. The fourth-order valence-electron chi connectivity index (χ4n) is 4.08. The Bertz CT molecular complexity index is 1600. The molecule has 7 nitrogen and oxygen atoms in total. The lowest BCUT2D eigenvalue weighted by molar-refractivity contribution is -0.137. The fourth-order valence-corrected chi connectivity index (χ4v) is 4.91. The van der Waals surface area contributed by atoms with Crippen LogP contribution in [-0.2, 0) is 23.9 Å². The van der Waals surface area contributed by atoms with Crippen molar-refractivity contribution >= 4 is 34.3 Å². The highest BCUT2D eigenvalue weighted by atomic mass is 32.2. The second-order valence-electron chi connectivity index (χ2n) is 9.16. The number of methoxy groups -OCH3 is 2. The van der Waals surface area contributed by atoms with Gasteiger partial charge >= 0.3 is 6.18 Å². The van der Waals surface area contributed by atoms with Gasteiger partial charge in [-0.3, -0.25) is 14.2 Å². The zero-order valence-electron chi connectivity index (χ0n) is 22.4. The lowest BCUT2D eigenvalue weighted by Crippen LogP contribution is -2.25. The van der Waals surface area contributed by atoms with Crippen LogP contribution in [0, 0.1) is 13.8 Å². The molecule has 1 amide bonds. The molecule has 4 rings (SSSR count). The molecule has 0 aliphatic rings. The fraction of sp³-hybridized carbons (Fsp3) is 0.276. The van der Waals surface area contributed by atoms with Crippen LogP contribution in [-0.4, -0.2) is 35.4 Å². The van der Waals surface area contributed by atoms with Crippen molar-refractivity contribution in [2.24, 2.45) is 0 Å². The monoisotopic (exact) mass is 571 g/mol. The normalized spacial score (nSPS) is 11.5. The third kappa shape index (κ3) is 6.59. The van der Waals surface area contributed by atoms with E-state index >= 15 is 0 Å². The van der Waals surface area contributed by atoms with Crippen molar-refractivity contribution in [3.8, 4) is 11.5 Å². The van der Waals surface area contributed by atoms with E-state index < -0.39 is 11.7 Å². The van der Waals surface area contributed by atoms with E-state index in [1.165, 1.54) is 30.9 Å². The highest BCUT2D eigenvalue weighted by Gasteiger charge is 2.30. The van der Waals surface area contributed by atoms with Crippen LogP contribution in [0.4, 0.5) is 18.9 Å². The number of alkyl halides is 3. The average molecular weight is 572 g/mol. The third-order valence-electron chi connectivity index (χ3n) is 6.45. The molecule has 1 N–H and O–H groups in total. The van der Waals surface area contributed by atoms with Gasteiger partial charge in [0.2, 0.25) is 5.91 Å². The maximum absolute atomic E-state index is 13.6. The summed E-state index contributed by atoms with van der Waals surface area (Å²) in [6, 6.07) is 13.6. The summed E-state index contributed by atoms with van der Waals surface area (Å²) >= 11 is 1.09. The van der Waals surface area contributed by atoms with Gasteiger partial charge in [0, 0.05) is 18.3 Å². The molecule has 0 saturated carbocycles. The smallest absolute Gasteiger partial charge is 0.416 e. The predicted octanol–water partition coefficient (Wildman–Crippen LogP) is 6.02. The molecule has 40 heavy (non-hydrogen) atoms. The molecule has 0 radical (unpaired) electrons. The number of nitrogens with one attached hydrogen (secondary N) is 1. The number of fused-ring (bicyclic) bond motifs is 1. The molecule has 1 aromatic heterocycles. The van der Waals surface area contributed by atoms with Gasteiger partial charge in [0.25, 0.3) is 5.56 Å². The van der Waals surface area contributed by atoms with Crippen molar-refractivity contribution in [1.82, 2.24) is 9.55 Å². The van der Waals surface area contributed by atoms with Crippen molar-refractivity contribution in [3.05, 3.63) is 87.2 Å². The van der Waals surface area contributed by atoms with Gasteiger partial charge in [0.1, 0.15) is 0 Å². The Morgan fingerprint density at radius 3 is 2.27 bits per heavy atom. The summed E-state index contributed by atoms with van der Waals surface area (Å²) in [5, 5.41) is 3.44. The number of amides is 1. The summed E-state index contributed by atoms with van der Waals surface area (Å²) in [6.45, 7) is 4.08. The number of rotatable bonds is 9. The van der Waals surface area contributed by atoms with Crippen LogP contribution in [0.25, 0.3) is 10.9 Å². The van der Waals surface area contributed by atoms with Crippen LogP contribution in [0.5, 0.6) is 11.5 Å². The van der Waals surface area contributed by atoms with Crippen molar-refractivity contribution in [2.45, 2.75) is 38.1 Å². The zero-order chi connectivity index (χ0) is 29.0. The average Bonchev–Trinajstić information content (AvgIpc) is 2.92. The maximum atomic E-state index is 13.6. The van der Waals surface area contributed by atoms with Gasteiger partial charge in [-0.25, -0.2) is 4.98 Å². The van der Waals surface area contributed by atoms with Crippen LogP contribution < -0.4 is 20.3 Å². The molecule has 0 saturated heterocycles. The Labute approximate surface area is 233 Å². The third-order valence-corrected chi connectivity index (χ3v) is 7.43. The van der Waals surface area contributed by atoms with E-state index in [2.05, 4.69) is 10.3 Å². The minimum absolute atomic E-state index is 0.0154. The number of thioether (sulfide) groups is 1. The molecule has 4 aromatic rings. The Morgan fingerprint density at radius 2 is 1.65 bits per heavy atom. The lowest BCUT2D eigenvalue weighted by Gasteiger charge is -2.15. The molecule has 3 aromatic carbocycles. The van der Waals surface area contributed by atoms with Crippen molar-refractivity contribution in [1.29, 1.82) is 0 Å². The maximum Gasteiger partial charge on any atom is 0.416 e. The summed E-state index contributed by atoms with van der Waals surface area (Å²) in [5.41, 5.74) is 2.70. The second kappa shape index (κ2) is 12.0. The van der Waals surface area contributed by atoms with Gasteiger partial charge in [-0.05, 0) is 67.3 Å². The number of hydrogen-bond donors (Lipinski definition) is 1. The topological polar surface area (TPSA) is 82.5 Å². The molecule has 0 atom stereocenters. The van der Waals surface area contributed by atoms with Gasteiger partial charge in [0.05, 0.1) is 36.4 Å². The first kappa shape index (κ1) is 29.0. The number of hydrogen-bond acceptors (Lipinski definition) is 6. The zero-order valence-corrected chi connectivity index (χ0v) is 23.2. The molecule has 0 bridgehead atoms. The van der Waals surface area contributed by atoms with E-state index in [-0.39, 0.29) is 35.6 Å². The lowest BCUT2D eigenvalue weighted by atomic mass is 10.1. The number of ether oxygens (including phenoxy) is 2. The minimum Gasteiger partial charge on any atom is -0.493 e. The van der Waals surface area contributed by atoms with Crippen LogP contribution in [0.2, 0.25) is 0 Å². The minimum atomic E-state index is -4.43. The van der Waals surface area contributed by atoms with Crippen molar-refractivity contribution < 1.29 is 27.4 Å². The van der Waals surface area contributed by atoms with E-state index in [1.54, 1.807) is 12.1 Å². The number of benzene rings is 3. The summed E-state index contributed by atoms with van der Waals surface area (Å²) in [4.78, 5) is 31.0. The summed E-state index contributed by atoms with van der Waals surface area (Å²) in [7, 11) is 2.93. The number of aromatic nitrogens is 2. The summed E-state index contributed by atoms with van der Waals surface area (Å²) < 4.78 is 51.0. The first-order valence-corrected chi connectivity index (χ1v) is 13.3. The number of carbonyl (C=O) groups excluding carboxylic acids is 1. The van der Waals surface area contributed by atoms with Gasteiger partial charge in [-0.15, -0.1) is 0 Å². The van der Waals surface area contributed by atoms with Gasteiger partial charge < -0.3 is 14.8 Å². The number of nitrogens with zero attached hydrogens (tertiary/aromatic N) is 2. The van der Waals surface area contributed by atoms with Gasteiger partial charge in [-0.1, -0.05) is 30.0 Å². The van der Waals surface area contributed by atoms with Crippen LogP contribution in [0.1, 0.15) is 22.3 Å². The Kier molecular flexibility index (Phi) is 8.73. The number of aryl methyl sites for hydroxylation is 3. The van der Waals surface area contributed by atoms with E-state index in [1.807, 2.05) is 32.0 Å². The second-order valence-corrected chi connectivity index (χ2v) is 10.1. The van der Waals surface area contributed by atoms with E-state index in [0.717, 1.165) is 35.0 Å². The van der Waals surface area contributed by atoms with Crippen LogP contribution in [0.3, 0.4) is 0 Å². The first-order valence-electron chi connectivity index (χ1n) is 12.3. The molecular weight excluding hydrogens is 543 g/mol.